The fraction of sp³-hybridized carbons (Fsp3) is 0.429. The van der Waals surface area contributed by atoms with Gasteiger partial charge in [0.1, 0.15) is 4.60 Å². The molecule has 1 aliphatic heterocycles. The molecule has 0 aliphatic carbocycles. The van der Waals surface area contributed by atoms with Crippen LogP contribution in [0.3, 0.4) is 0 Å². The minimum absolute atomic E-state index is 0.423. The van der Waals surface area contributed by atoms with E-state index in [1.807, 2.05) is 4.68 Å². The number of hydrogen-bond donors (Lipinski definition) is 1. The van der Waals surface area contributed by atoms with Gasteiger partial charge in [0.25, 0.3) is 0 Å². The van der Waals surface area contributed by atoms with Crippen LogP contribution in [-0.2, 0) is 13.1 Å². The molecule has 0 saturated heterocycles. The topological polar surface area (TPSA) is 58.4 Å². The highest BCUT2D eigenvalue weighted by molar-refractivity contribution is 14.1. The molecule has 1 aromatic rings. The molecular formula is C7H7BrIN3O2. The van der Waals surface area contributed by atoms with Crippen molar-refractivity contribution in [1.82, 2.24) is 14.7 Å². The number of fused-ring (bicyclic) bond motifs is 1. The van der Waals surface area contributed by atoms with Gasteiger partial charge in [0, 0.05) is 6.54 Å². The standard InChI is InChI=1S/C7H7BrIN3O2/c8-6-5(9)4-3-11(7(13)14)1-2-12(4)10-6/h1-3H2,(H,13,14). The molecule has 1 amide bonds. The number of halogens is 2. The lowest BCUT2D eigenvalue weighted by Gasteiger charge is -2.25. The van der Waals surface area contributed by atoms with Gasteiger partial charge in [-0.1, -0.05) is 0 Å². The van der Waals surface area contributed by atoms with Crippen molar-refractivity contribution in [2.24, 2.45) is 0 Å². The van der Waals surface area contributed by atoms with Crippen molar-refractivity contribution >= 4 is 44.6 Å². The minimum atomic E-state index is -0.871. The number of carboxylic acid groups (broad SMARTS) is 1. The molecule has 0 spiro atoms. The van der Waals surface area contributed by atoms with Gasteiger partial charge >= 0.3 is 6.09 Å². The summed E-state index contributed by atoms with van der Waals surface area (Å²) >= 11 is 5.49. The molecule has 0 radical (unpaired) electrons. The van der Waals surface area contributed by atoms with Crippen LogP contribution < -0.4 is 0 Å². The second-order valence-electron chi connectivity index (χ2n) is 2.98. The van der Waals surface area contributed by atoms with Crippen LogP contribution in [0, 0.1) is 3.57 Å². The first-order valence-corrected chi connectivity index (χ1v) is 5.85. The molecule has 1 aromatic heterocycles. The summed E-state index contributed by atoms with van der Waals surface area (Å²) in [5, 5.41) is 13.1. The monoisotopic (exact) mass is 371 g/mol. The van der Waals surface area contributed by atoms with Gasteiger partial charge in [0.2, 0.25) is 0 Å². The zero-order valence-corrected chi connectivity index (χ0v) is 10.8. The van der Waals surface area contributed by atoms with Crippen LogP contribution in [-0.4, -0.2) is 32.4 Å². The van der Waals surface area contributed by atoms with Crippen molar-refractivity contribution < 1.29 is 9.90 Å². The molecule has 0 atom stereocenters. The van der Waals surface area contributed by atoms with E-state index in [0.717, 1.165) is 13.9 Å². The summed E-state index contributed by atoms with van der Waals surface area (Å²) in [7, 11) is 0. The highest BCUT2D eigenvalue weighted by Gasteiger charge is 2.24. The Morgan fingerprint density at radius 1 is 1.57 bits per heavy atom. The first kappa shape index (κ1) is 10.2. The lowest BCUT2D eigenvalue weighted by atomic mass is 10.3. The maximum atomic E-state index is 10.8. The summed E-state index contributed by atoms with van der Waals surface area (Å²) in [5.74, 6) is 0. The van der Waals surface area contributed by atoms with E-state index in [4.69, 9.17) is 5.11 Å². The van der Waals surface area contributed by atoms with Crippen molar-refractivity contribution in [2.45, 2.75) is 13.1 Å². The van der Waals surface area contributed by atoms with Crippen LogP contribution in [0.15, 0.2) is 4.60 Å². The quantitative estimate of drug-likeness (QED) is 0.707. The van der Waals surface area contributed by atoms with Crippen molar-refractivity contribution in [3.63, 3.8) is 0 Å². The van der Waals surface area contributed by atoms with Gasteiger partial charge in [-0.3, -0.25) is 4.68 Å². The zero-order valence-electron chi connectivity index (χ0n) is 7.07. The Balaban J connectivity index is 2.33. The molecule has 2 heterocycles. The van der Waals surface area contributed by atoms with Crippen molar-refractivity contribution in [3.05, 3.63) is 13.9 Å². The van der Waals surface area contributed by atoms with E-state index in [0.29, 0.717) is 19.6 Å². The van der Waals surface area contributed by atoms with Crippen LogP contribution in [0.5, 0.6) is 0 Å². The van der Waals surface area contributed by atoms with Gasteiger partial charge in [-0.05, 0) is 38.5 Å². The van der Waals surface area contributed by atoms with E-state index in [1.54, 1.807) is 0 Å². The Bertz CT molecular complexity index is 393. The number of carbonyl (C=O) groups is 1. The molecule has 1 aliphatic rings. The van der Waals surface area contributed by atoms with E-state index in [9.17, 15) is 4.79 Å². The average molecular weight is 372 g/mol. The molecule has 2 rings (SSSR count). The normalized spacial score (nSPS) is 15.4. The first-order valence-electron chi connectivity index (χ1n) is 3.98. The largest absolute Gasteiger partial charge is 0.465 e. The lowest BCUT2D eigenvalue weighted by molar-refractivity contribution is 0.131. The van der Waals surface area contributed by atoms with Crippen molar-refractivity contribution in [2.75, 3.05) is 6.54 Å². The predicted molar refractivity (Wildman–Crippen MR) is 61.1 cm³/mol. The molecular weight excluding hydrogens is 365 g/mol. The summed E-state index contributed by atoms with van der Waals surface area (Å²) in [4.78, 5) is 12.2. The zero-order chi connectivity index (χ0) is 10.3. The SMILES string of the molecule is O=C(O)N1CCn2nc(Br)c(I)c2C1. The maximum absolute atomic E-state index is 10.8. The van der Waals surface area contributed by atoms with Crippen molar-refractivity contribution in [1.29, 1.82) is 0 Å². The molecule has 0 bridgehead atoms. The third kappa shape index (κ3) is 1.62. The average Bonchev–Trinajstić information content (AvgIpc) is 2.43. The smallest absolute Gasteiger partial charge is 0.407 e. The third-order valence-corrected chi connectivity index (χ3v) is 4.58. The summed E-state index contributed by atoms with van der Waals surface area (Å²) in [6.07, 6.45) is -0.871. The number of aromatic nitrogens is 2. The molecule has 1 N–H and O–H groups in total. The van der Waals surface area contributed by atoms with Gasteiger partial charge in [-0.15, -0.1) is 0 Å². The second-order valence-corrected chi connectivity index (χ2v) is 4.81. The third-order valence-electron chi connectivity index (χ3n) is 2.15. The molecule has 76 valence electrons. The van der Waals surface area contributed by atoms with Crippen LogP contribution in [0.25, 0.3) is 0 Å². The molecule has 0 aromatic carbocycles. The number of hydrogen-bond acceptors (Lipinski definition) is 2. The van der Waals surface area contributed by atoms with Crippen LogP contribution in [0.2, 0.25) is 0 Å². The lowest BCUT2D eigenvalue weighted by Crippen LogP contribution is -2.37. The number of nitrogens with zero attached hydrogens (tertiary/aromatic N) is 3. The molecule has 0 fully saturated rings. The predicted octanol–water partition coefficient (Wildman–Crippen LogP) is 1.74. The van der Waals surface area contributed by atoms with E-state index in [-0.39, 0.29) is 0 Å². The highest BCUT2D eigenvalue weighted by Crippen LogP contribution is 2.25. The van der Waals surface area contributed by atoms with Gasteiger partial charge < -0.3 is 10.0 Å². The Morgan fingerprint density at radius 3 is 2.93 bits per heavy atom. The van der Waals surface area contributed by atoms with Crippen LogP contribution >= 0.6 is 38.5 Å². The second kappa shape index (κ2) is 3.69. The fourth-order valence-electron chi connectivity index (χ4n) is 1.42. The summed E-state index contributed by atoms with van der Waals surface area (Å²) < 4.78 is 3.64. The fourth-order valence-corrected chi connectivity index (χ4v) is 2.39. The maximum Gasteiger partial charge on any atom is 0.407 e. The molecule has 0 unspecified atom stereocenters. The number of amides is 1. The van der Waals surface area contributed by atoms with Crippen LogP contribution in [0.1, 0.15) is 5.69 Å². The Hall–Kier alpha value is -0.310. The first-order chi connectivity index (χ1) is 6.59. The Labute approximate surface area is 102 Å². The van der Waals surface area contributed by atoms with E-state index < -0.39 is 6.09 Å². The van der Waals surface area contributed by atoms with Crippen LogP contribution in [0.4, 0.5) is 4.79 Å². The van der Waals surface area contributed by atoms with Gasteiger partial charge in [0.05, 0.1) is 22.4 Å². The van der Waals surface area contributed by atoms with Gasteiger partial charge in [0.15, 0.2) is 0 Å². The van der Waals surface area contributed by atoms with E-state index >= 15 is 0 Å². The van der Waals surface area contributed by atoms with E-state index in [1.165, 1.54) is 4.90 Å². The summed E-state index contributed by atoms with van der Waals surface area (Å²) in [5.41, 5.74) is 0.964. The molecule has 0 saturated carbocycles. The molecule has 7 heteroatoms. The van der Waals surface area contributed by atoms with Crippen molar-refractivity contribution in [3.8, 4) is 0 Å². The van der Waals surface area contributed by atoms with Gasteiger partial charge in [-0.25, -0.2) is 4.79 Å². The minimum Gasteiger partial charge on any atom is -0.465 e. The number of rotatable bonds is 0. The summed E-state index contributed by atoms with van der Waals surface area (Å²) in [6, 6.07) is 0. The van der Waals surface area contributed by atoms with Gasteiger partial charge in [-0.2, -0.15) is 5.10 Å². The van der Waals surface area contributed by atoms with E-state index in [2.05, 4.69) is 43.6 Å². The Kier molecular flexibility index (Phi) is 2.69. The molecule has 5 nitrogen and oxygen atoms in total. The Morgan fingerprint density at radius 2 is 2.29 bits per heavy atom. The highest BCUT2D eigenvalue weighted by atomic mass is 127. The molecule has 14 heavy (non-hydrogen) atoms. The summed E-state index contributed by atoms with van der Waals surface area (Å²) in [6.45, 7) is 1.56.